The Hall–Kier alpha value is -4.19. The molecule has 2 amide bonds. The van der Waals surface area contributed by atoms with Crippen LogP contribution in [0, 0.1) is 11.6 Å². The maximum atomic E-state index is 14.2. The Morgan fingerprint density at radius 1 is 0.909 bits per heavy atom. The second kappa shape index (κ2) is 13.6. The molecule has 44 heavy (non-hydrogen) atoms. The molecule has 5 rings (SSSR count). The van der Waals surface area contributed by atoms with Crippen LogP contribution in [-0.2, 0) is 26.2 Å². The number of carbonyl (C=O) groups is 2. The third-order valence-corrected chi connectivity index (χ3v) is 9.62. The molecule has 0 spiro atoms. The van der Waals surface area contributed by atoms with Gasteiger partial charge in [-0.25, -0.2) is 17.2 Å². The van der Waals surface area contributed by atoms with Crippen LogP contribution >= 0.6 is 0 Å². The van der Waals surface area contributed by atoms with E-state index in [0.29, 0.717) is 17.9 Å². The van der Waals surface area contributed by atoms with E-state index in [1.54, 1.807) is 6.92 Å². The summed E-state index contributed by atoms with van der Waals surface area (Å²) in [6.45, 7) is 1.60. The van der Waals surface area contributed by atoms with Crippen LogP contribution in [0.4, 0.5) is 14.5 Å². The molecule has 1 N–H and O–H groups in total. The highest BCUT2D eigenvalue weighted by atomic mass is 32.2. The zero-order valence-corrected chi connectivity index (χ0v) is 25.2. The van der Waals surface area contributed by atoms with Crippen molar-refractivity contribution in [3.8, 4) is 11.5 Å². The maximum Gasteiger partial charge on any atom is 0.264 e. The van der Waals surface area contributed by atoms with Crippen LogP contribution in [-0.4, -0.2) is 57.0 Å². The van der Waals surface area contributed by atoms with Gasteiger partial charge in [0.1, 0.15) is 37.4 Å². The van der Waals surface area contributed by atoms with Crippen LogP contribution in [0.5, 0.6) is 11.5 Å². The van der Waals surface area contributed by atoms with Gasteiger partial charge in [0.25, 0.3) is 10.0 Å². The molecule has 3 aromatic carbocycles. The minimum absolute atomic E-state index is 0.00521. The highest BCUT2D eigenvalue weighted by molar-refractivity contribution is 7.92. The zero-order chi connectivity index (χ0) is 31.3. The number of nitrogens with one attached hydrogen (secondary N) is 1. The minimum atomic E-state index is -4.40. The van der Waals surface area contributed by atoms with Crippen LogP contribution in [0.25, 0.3) is 0 Å². The lowest BCUT2D eigenvalue weighted by Gasteiger charge is -2.34. The number of rotatable bonds is 11. The molecule has 3 aromatic rings. The van der Waals surface area contributed by atoms with E-state index in [1.807, 2.05) is 0 Å². The van der Waals surface area contributed by atoms with Gasteiger partial charge in [0.05, 0.1) is 10.6 Å². The van der Waals surface area contributed by atoms with E-state index in [-0.39, 0.29) is 47.9 Å². The zero-order valence-electron chi connectivity index (χ0n) is 24.4. The van der Waals surface area contributed by atoms with Gasteiger partial charge in [-0.05, 0) is 73.4 Å². The highest BCUT2D eigenvalue weighted by Crippen LogP contribution is 2.34. The summed E-state index contributed by atoms with van der Waals surface area (Å²) in [6, 6.07) is 13.5. The number of nitrogens with zero attached hydrogens (tertiary/aromatic N) is 2. The van der Waals surface area contributed by atoms with Crippen molar-refractivity contribution in [3.05, 3.63) is 83.9 Å². The van der Waals surface area contributed by atoms with E-state index in [4.69, 9.17) is 9.47 Å². The Bertz CT molecular complexity index is 1580. The maximum absolute atomic E-state index is 14.2. The lowest BCUT2D eigenvalue weighted by atomic mass is 10.1. The Kier molecular flexibility index (Phi) is 9.68. The van der Waals surface area contributed by atoms with Crippen molar-refractivity contribution >= 4 is 27.5 Å². The fraction of sp³-hybridized carbons (Fsp3) is 0.375. The Morgan fingerprint density at radius 3 is 2.16 bits per heavy atom. The lowest BCUT2D eigenvalue weighted by Crippen LogP contribution is -2.53. The molecule has 1 aliphatic carbocycles. The quantitative estimate of drug-likeness (QED) is 0.328. The first kappa shape index (κ1) is 31.2. The van der Waals surface area contributed by atoms with Gasteiger partial charge in [0.2, 0.25) is 11.8 Å². The Morgan fingerprint density at radius 2 is 1.52 bits per heavy atom. The van der Waals surface area contributed by atoms with E-state index < -0.39 is 40.2 Å². The Balaban J connectivity index is 1.50. The topological polar surface area (TPSA) is 105 Å². The molecule has 1 unspecified atom stereocenters. The molecule has 1 fully saturated rings. The average molecular weight is 628 g/mol. The number of anilines is 1. The van der Waals surface area contributed by atoms with Crippen LogP contribution < -0.4 is 19.1 Å². The molecule has 12 heteroatoms. The van der Waals surface area contributed by atoms with Gasteiger partial charge in [-0.3, -0.25) is 13.9 Å². The number of amides is 2. The molecule has 1 saturated carbocycles. The molecule has 234 valence electrons. The first-order valence-corrected chi connectivity index (χ1v) is 16.1. The standard InChI is InChI=1S/C32H35F2N3O6S/c1-2-28(32(39)35-25-5-3-4-6-25)36(20-22-7-9-23(33)10-8-22)31(38)21-37(26-13-11-24(34)12-14-26)44(40,41)27-15-16-29-30(19-27)43-18-17-42-29/h7-16,19,25,28H,2-6,17-18,20-21H2,1H3,(H,35,39). The summed E-state index contributed by atoms with van der Waals surface area (Å²) in [4.78, 5) is 28.8. The van der Waals surface area contributed by atoms with Crippen molar-refractivity contribution in [2.75, 3.05) is 24.1 Å². The van der Waals surface area contributed by atoms with Gasteiger partial charge in [-0.15, -0.1) is 0 Å². The van der Waals surface area contributed by atoms with Crippen molar-refractivity contribution < 1.29 is 36.3 Å². The minimum Gasteiger partial charge on any atom is -0.486 e. The smallest absolute Gasteiger partial charge is 0.264 e. The number of fused-ring (bicyclic) bond motifs is 1. The van der Waals surface area contributed by atoms with E-state index in [9.17, 15) is 26.8 Å². The molecule has 1 heterocycles. The highest BCUT2D eigenvalue weighted by Gasteiger charge is 2.35. The van der Waals surface area contributed by atoms with Crippen LogP contribution in [0.1, 0.15) is 44.6 Å². The number of benzene rings is 3. The number of sulfonamides is 1. The van der Waals surface area contributed by atoms with Gasteiger partial charge in [-0.1, -0.05) is 31.9 Å². The summed E-state index contributed by atoms with van der Waals surface area (Å²) in [7, 11) is -4.40. The molecule has 0 bridgehead atoms. The predicted octanol–water partition coefficient (Wildman–Crippen LogP) is 4.80. The van der Waals surface area contributed by atoms with E-state index >= 15 is 0 Å². The molecule has 1 atom stereocenters. The third kappa shape index (κ3) is 7.12. The molecule has 1 aliphatic heterocycles. The first-order chi connectivity index (χ1) is 21.2. The normalized spacial score (nSPS) is 15.4. The third-order valence-electron chi connectivity index (χ3n) is 7.85. The predicted molar refractivity (Wildman–Crippen MR) is 160 cm³/mol. The number of hydrogen-bond acceptors (Lipinski definition) is 6. The molecule has 9 nitrogen and oxygen atoms in total. The van der Waals surface area contributed by atoms with Gasteiger partial charge in [0.15, 0.2) is 11.5 Å². The fourth-order valence-corrected chi connectivity index (χ4v) is 6.95. The first-order valence-electron chi connectivity index (χ1n) is 14.7. The van der Waals surface area contributed by atoms with E-state index in [2.05, 4.69) is 5.32 Å². The summed E-state index contributed by atoms with van der Waals surface area (Å²) in [5.41, 5.74) is 0.620. The van der Waals surface area contributed by atoms with Crippen molar-refractivity contribution in [1.82, 2.24) is 10.2 Å². The average Bonchev–Trinajstić information content (AvgIpc) is 3.54. The number of ether oxygens (including phenoxy) is 2. The molecular weight excluding hydrogens is 592 g/mol. The van der Waals surface area contributed by atoms with Gasteiger partial charge in [-0.2, -0.15) is 0 Å². The van der Waals surface area contributed by atoms with Crippen LogP contribution in [0.3, 0.4) is 0 Å². The van der Waals surface area contributed by atoms with Crippen LogP contribution in [0.15, 0.2) is 71.6 Å². The largest absolute Gasteiger partial charge is 0.486 e. The molecule has 0 saturated heterocycles. The van der Waals surface area contributed by atoms with Crippen molar-refractivity contribution in [2.45, 2.75) is 62.6 Å². The van der Waals surface area contributed by atoms with Crippen molar-refractivity contribution in [2.24, 2.45) is 0 Å². The van der Waals surface area contributed by atoms with Gasteiger partial charge >= 0.3 is 0 Å². The Labute approximate surface area is 255 Å². The van der Waals surface area contributed by atoms with Gasteiger partial charge < -0.3 is 19.7 Å². The summed E-state index contributed by atoms with van der Waals surface area (Å²) >= 11 is 0. The fourth-order valence-electron chi connectivity index (χ4n) is 5.52. The lowest BCUT2D eigenvalue weighted by molar-refractivity contribution is -0.140. The second-order valence-electron chi connectivity index (χ2n) is 10.9. The van der Waals surface area contributed by atoms with Crippen LogP contribution in [0.2, 0.25) is 0 Å². The van der Waals surface area contributed by atoms with E-state index in [0.717, 1.165) is 42.1 Å². The number of halogens is 2. The number of carbonyl (C=O) groups excluding carboxylic acids is 2. The molecular formula is C32H35F2N3O6S. The monoisotopic (exact) mass is 627 g/mol. The summed E-state index contributed by atoms with van der Waals surface area (Å²) in [5, 5.41) is 3.04. The molecule has 0 radical (unpaired) electrons. The summed E-state index contributed by atoms with van der Waals surface area (Å²) in [6.07, 6.45) is 3.96. The summed E-state index contributed by atoms with van der Waals surface area (Å²) in [5.74, 6) is -1.39. The number of hydrogen-bond donors (Lipinski definition) is 1. The van der Waals surface area contributed by atoms with Gasteiger partial charge in [0, 0.05) is 18.7 Å². The van der Waals surface area contributed by atoms with Crippen molar-refractivity contribution in [1.29, 1.82) is 0 Å². The van der Waals surface area contributed by atoms with E-state index in [1.165, 1.54) is 59.5 Å². The SMILES string of the molecule is CCC(C(=O)NC1CCCC1)N(Cc1ccc(F)cc1)C(=O)CN(c1ccc(F)cc1)S(=O)(=O)c1ccc2c(c1)OCCO2. The molecule has 2 aliphatic rings. The van der Waals surface area contributed by atoms with Crippen molar-refractivity contribution in [3.63, 3.8) is 0 Å². The second-order valence-corrected chi connectivity index (χ2v) is 12.7. The molecule has 0 aromatic heterocycles. The summed E-state index contributed by atoms with van der Waals surface area (Å²) < 4.78 is 67.8.